The van der Waals surface area contributed by atoms with Crippen molar-refractivity contribution in [1.82, 2.24) is 10.2 Å². The van der Waals surface area contributed by atoms with Gasteiger partial charge >= 0.3 is 0 Å². The molecule has 0 bridgehead atoms. The van der Waals surface area contributed by atoms with E-state index in [1.54, 1.807) is 0 Å². The van der Waals surface area contributed by atoms with Crippen LogP contribution in [0, 0.1) is 0 Å². The molecule has 1 N–H and O–H groups in total. The molecule has 2 nitrogen and oxygen atoms in total. The van der Waals surface area contributed by atoms with E-state index in [1.165, 1.54) is 30.6 Å². The molecule has 1 aliphatic rings. The first-order valence-electron chi connectivity index (χ1n) is 5.71. The van der Waals surface area contributed by atoms with Crippen LogP contribution in [0.5, 0.6) is 0 Å². The van der Waals surface area contributed by atoms with Crippen LogP contribution >= 0.6 is 0 Å². The highest BCUT2D eigenvalue weighted by molar-refractivity contribution is 5.27. The van der Waals surface area contributed by atoms with Gasteiger partial charge in [-0.25, -0.2) is 0 Å². The molecule has 0 amide bonds. The molecular weight excluding hydrogens is 184 g/mol. The summed E-state index contributed by atoms with van der Waals surface area (Å²) in [5, 5.41) is 3.20. The number of nitrogens with one attached hydrogen (secondary N) is 1. The summed E-state index contributed by atoms with van der Waals surface area (Å²) < 4.78 is 0. The van der Waals surface area contributed by atoms with Crippen LogP contribution in [-0.2, 0) is 6.54 Å². The maximum Gasteiger partial charge on any atom is 0.0202 e. The number of benzene rings is 1. The van der Waals surface area contributed by atoms with Gasteiger partial charge in [-0.3, -0.25) is 0 Å². The highest BCUT2D eigenvalue weighted by atomic mass is 15.1. The lowest BCUT2D eigenvalue weighted by Crippen LogP contribution is -2.13. The quantitative estimate of drug-likeness (QED) is 0.808. The Morgan fingerprint density at radius 2 is 2.33 bits per heavy atom. The summed E-state index contributed by atoms with van der Waals surface area (Å²) in [6, 6.07) is 8.99. The Hall–Kier alpha value is -0.860. The van der Waals surface area contributed by atoms with Gasteiger partial charge in [-0.2, -0.15) is 0 Å². The Morgan fingerprint density at radius 3 is 3.00 bits per heavy atom. The summed E-state index contributed by atoms with van der Waals surface area (Å²) in [4.78, 5) is 2.41. The van der Waals surface area contributed by atoms with Gasteiger partial charge in [0.2, 0.25) is 0 Å². The second-order valence-electron chi connectivity index (χ2n) is 4.52. The topological polar surface area (TPSA) is 15.3 Å². The smallest absolute Gasteiger partial charge is 0.0202 e. The molecular formula is C13H20N2. The van der Waals surface area contributed by atoms with Crippen molar-refractivity contribution < 1.29 is 0 Å². The van der Waals surface area contributed by atoms with Crippen LogP contribution in [0.3, 0.4) is 0 Å². The lowest BCUT2D eigenvalue weighted by Gasteiger charge is -2.12. The van der Waals surface area contributed by atoms with Crippen LogP contribution in [0.25, 0.3) is 0 Å². The average Bonchev–Trinajstić information content (AvgIpc) is 2.66. The summed E-state index contributed by atoms with van der Waals surface area (Å²) >= 11 is 0. The Balaban J connectivity index is 2.10. The van der Waals surface area contributed by atoms with Crippen LogP contribution in [-0.4, -0.2) is 32.1 Å². The molecule has 1 aliphatic heterocycles. The van der Waals surface area contributed by atoms with Crippen LogP contribution in [0.15, 0.2) is 24.3 Å². The van der Waals surface area contributed by atoms with Crippen molar-refractivity contribution in [2.24, 2.45) is 0 Å². The Labute approximate surface area is 92.3 Å². The second-order valence-corrected chi connectivity index (χ2v) is 4.52. The van der Waals surface area contributed by atoms with Crippen molar-refractivity contribution in [2.75, 3.05) is 27.2 Å². The minimum Gasteiger partial charge on any atom is -0.316 e. The molecule has 15 heavy (non-hydrogen) atoms. The van der Waals surface area contributed by atoms with Crippen molar-refractivity contribution >= 4 is 0 Å². The van der Waals surface area contributed by atoms with Crippen molar-refractivity contribution in [3.63, 3.8) is 0 Å². The van der Waals surface area contributed by atoms with Crippen molar-refractivity contribution in [1.29, 1.82) is 0 Å². The number of likely N-dealkylation sites (N-methyl/N-ethyl adjacent to an activating group) is 1. The predicted octanol–water partition coefficient (Wildman–Crippen LogP) is 1.83. The molecule has 1 fully saturated rings. The van der Waals surface area contributed by atoms with E-state index in [9.17, 15) is 0 Å². The molecule has 1 unspecified atom stereocenters. The number of rotatable bonds is 3. The van der Waals surface area contributed by atoms with Gasteiger partial charge in [-0.15, -0.1) is 0 Å². The SMILES string of the molecule is CNCc1cccc(C2CCN(C)C2)c1. The zero-order valence-corrected chi connectivity index (χ0v) is 9.66. The summed E-state index contributed by atoms with van der Waals surface area (Å²) in [6.07, 6.45) is 1.31. The summed E-state index contributed by atoms with van der Waals surface area (Å²) in [7, 11) is 4.20. The molecule has 1 atom stereocenters. The van der Waals surface area contributed by atoms with E-state index in [4.69, 9.17) is 0 Å². The Morgan fingerprint density at radius 1 is 1.47 bits per heavy atom. The summed E-state index contributed by atoms with van der Waals surface area (Å²) in [5.74, 6) is 0.742. The lowest BCUT2D eigenvalue weighted by atomic mass is 9.97. The molecule has 2 rings (SSSR count). The third-order valence-corrected chi connectivity index (χ3v) is 3.19. The van der Waals surface area contributed by atoms with Gasteiger partial charge in [0.15, 0.2) is 0 Å². The minimum absolute atomic E-state index is 0.742. The molecule has 1 heterocycles. The molecule has 0 aliphatic carbocycles. The van der Waals surface area contributed by atoms with Gasteiger partial charge in [0.05, 0.1) is 0 Å². The second kappa shape index (κ2) is 4.77. The molecule has 1 aromatic rings. The first-order valence-corrected chi connectivity index (χ1v) is 5.71. The van der Waals surface area contributed by atoms with E-state index in [0.29, 0.717) is 0 Å². The zero-order chi connectivity index (χ0) is 10.7. The standard InChI is InChI=1S/C13H20N2/c1-14-9-11-4-3-5-12(8-11)13-6-7-15(2)10-13/h3-5,8,13-14H,6-7,9-10H2,1-2H3. The number of hydrogen-bond acceptors (Lipinski definition) is 2. The fourth-order valence-corrected chi connectivity index (χ4v) is 2.37. The fourth-order valence-electron chi connectivity index (χ4n) is 2.37. The molecule has 2 heteroatoms. The lowest BCUT2D eigenvalue weighted by molar-refractivity contribution is 0.411. The van der Waals surface area contributed by atoms with Gasteiger partial charge in [0, 0.05) is 13.1 Å². The minimum atomic E-state index is 0.742. The largest absolute Gasteiger partial charge is 0.316 e. The fraction of sp³-hybridized carbons (Fsp3) is 0.538. The van der Waals surface area contributed by atoms with Crippen LogP contribution in [0.4, 0.5) is 0 Å². The summed E-state index contributed by atoms with van der Waals surface area (Å²) in [6.45, 7) is 3.42. The predicted molar refractivity (Wildman–Crippen MR) is 64.1 cm³/mol. The molecule has 0 spiro atoms. The molecule has 1 saturated heterocycles. The van der Waals surface area contributed by atoms with E-state index >= 15 is 0 Å². The first-order chi connectivity index (χ1) is 7.29. The van der Waals surface area contributed by atoms with Crippen molar-refractivity contribution in [3.05, 3.63) is 35.4 Å². The first kappa shape index (κ1) is 10.7. The van der Waals surface area contributed by atoms with Crippen LogP contribution < -0.4 is 5.32 Å². The maximum atomic E-state index is 3.20. The third-order valence-electron chi connectivity index (χ3n) is 3.19. The van der Waals surface area contributed by atoms with E-state index in [-0.39, 0.29) is 0 Å². The zero-order valence-electron chi connectivity index (χ0n) is 9.66. The van der Waals surface area contributed by atoms with Gasteiger partial charge in [0.1, 0.15) is 0 Å². The molecule has 0 saturated carbocycles. The highest BCUT2D eigenvalue weighted by Gasteiger charge is 2.20. The highest BCUT2D eigenvalue weighted by Crippen LogP contribution is 2.26. The van der Waals surface area contributed by atoms with Gasteiger partial charge in [0.25, 0.3) is 0 Å². The molecule has 1 aromatic carbocycles. The number of nitrogens with zero attached hydrogens (tertiary/aromatic N) is 1. The molecule has 0 radical (unpaired) electrons. The van der Waals surface area contributed by atoms with Crippen LogP contribution in [0.2, 0.25) is 0 Å². The van der Waals surface area contributed by atoms with Gasteiger partial charge in [-0.05, 0) is 44.1 Å². The summed E-state index contributed by atoms with van der Waals surface area (Å²) in [5.41, 5.74) is 2.90. The van der Waals surface area contributed by atoms with Crippen molar-refractivity contribution in [2.45, 2.75) is 18.9 Å². The van der Waals surface area contributed by atoms with Gasteiger partial charge < -0.3 is 10.2 Å². The average molecular weight is 204 g/mol. The monoisotopic (exact) mass is 204 g/mol. The Kier molecular flexibility index (Phi) is 3.39. The number of likely N-dealkylation sites (tertiary alicyclic amines) is 1. The maximum absolute atomic E-state index is 3.20. The Bertz CT molecular complexity index is 322. The molecule has 82 valence electrons. The van der Waals surface area contributed by atoms with Gasteiger partial charge in [-0.1, -0.05) is 24.3 Å². The van der Waals surface area contributed by atoms with E-state index in [2.05, 4.69) is 41.5 Å². The molecule has 0 aromatic heterocycles. The number of hydrogen-bond donors (Lipinski definition) is 1. The van der Waals surface area contributed by atoms with E-state index in [1.807, 2.05) is 7.05 Å². The van der Waals surface area contributed by atoms with Crippen molar-refractivity contribution in [3.8, 4) is 0 Å². The van der Waals surface area contributed by atoms with E-state index < -0.39 is 0 Å². The van der Waals surface area contributed by atoms with Crippen LogP contribution in [0.1, 0.15) is 23.5 Å². The van der Waals surface area contributed by atoms with E-state index in [0.717, 1.165) is 12.5 Å². The third kappa shape index (κ3) is 2.58. The normalized spacial score (nSPS) is 22.1.